The molecule has 1 aliphatic rings. The number of hydrogen-bond donors (Lipinski definition) is 1. The maximum Gasteiger partial charge on any atom is 0.253 e. The van der Waals surface area contributed by atoms with Gasteiger partial charge < -0.3 is 5.32 Å². The molecule has 1 aliphatic carbocycles. The van der Waals surface area contributed by atoms with E-state index in [1.165, 1.54) is 16.3 Å². The second-order valence-corrected chi connectivity index (χ2v) is 8.97. The molecule has 2 aromatic carbocycles. The van der Waals surface area contributed by atoms with Crippen molar-refractivity contribution in [3.63, 3.8) is 0 Å². The Bertz CT molecular complexity index is 953. The Hall–Kier alpha value is -2.60. The molecule has 6 heteroatoms. The Labute approximate surface area is 167 Å². The summed E-state index contributed by atoms with van der Waals surface area (Å²) >= 11 is 0. The van der Waals surface area contributed by atoms with E-state index in [1.54, 1.807) is 24.3 Å². The van der Waals surface area contributed by atoms with Gasteiger partial charge in [-0.05, 0) is 43.4 Å². The maximum absolute atomic E-state index is 12.8. The van der Waals surface area contributed by atoms with E-state index in [9.17, 15) is 13.2 Å². The van der Waals surface area contributed by atoms with Gasteiger partial charge >= 0.3 is 0 Å². The van der Waals surface area contributed by atoms with Gasteiger partial charge in [0.15, 0.2) is 0 Å². The van der Waals surface area contributed by atoms with Crippen LogP contribution >= 0.6 is 0 Å². The fourth-order valence-corrected chi connectivity index (χ4v) is 4.27. The van der Waals surface area contributed by atoms with Crippen molar-refractivity contribution < 1.29 is 13.2 Å². The lowest BCUT2D eigenvalue weighted by Gasteiger charge is -2.25. The molecule has 0 unspecified atom stereocenters. The van der Waals surface area contributed by atoms with Gasteiger partial charge in [0.2, 0.25) is 10.0 Å². The number of para-hydroxylation sites is 1. The zero-order valence-electron chi connectivity index (χ0n) is 16.1. The van der Waals surface area contributed by atoms with Gasteiger partial charge in [-0.15, -0.1) is 0 Å². The lowest BCUT2D eigenvalue weighted by molar-refractivity contribution is 0.0957. The summed E-state index contributed by atoms with van der Waals surface area (Å²) in [4.78, 5) is 12.8. The molecule has 0 fully saturated rings. The molecular weight excluding hydrogens is 372 g/mol. The number of benzene rings is 2. The molecule has 0 saturated heterocycles. The van der Waals surface area contributed by atoms with E-state index >= 15 is 0 Å². The molecule has 148 valence electrons. The SMILES string of the molecule is CS(=O)(=O)N(Cc1ccccc1)c1ccccc1C(=O)NCC1=CCCCC1. The van der Waals surface area contributed by atoms with Crippen LogP contribution in [0.5, 0.6) is 0 Å². The quantitative estimate of drug-likeness (QED) is 0.720. The molecule has 0 saturated carbocycles. The fourth-order valence-electron chi connectivity index (χ4n) is 3.37. The van der Waals surface area contributed by atoms with Crippen LogP contribution < -0.4 is 9.62 Å². The van der Waals surface area contributed by atoms with Crippen molar-refractivity contribution in [1.29, 1.82) is 0 Å². The average molecular weight is 399 g/mol. The third-order valence-corrected chi connectivity index (χ3v) is 5.97. The van der Waals surface area contributed by atoms with Crippen LogP contribution in [0.25, 0.3) is 0 Å². The van der Waals surface area contributed by atoms with E-state index in [0.29, 0.717) is 17.8 Å². The number of allylic oxidation sites excluding steroid dienone is 1. The summed E-state index contributed by atoms with van der Waals surface area (Å²) in [7, 11) is -3.57. The zero-order chi connectivity index (χ0) is 20.0. The van der Waals surface area contributed by atoms with Crippen LogP contribution in [0.1, 0.15) is 41.6 Å². The summed E-state index contributed by atoms with van der Waals surface area (Å²) in [5.74, 6) is -0.260. The standard InChI is InChI=1S/C22H26N2O3S/c1-28(26,27)24(17-19-12-6-3-7-13-19)21-15-9-8-14-20(21)22(25)23-16-18-10-4-2-5-11-18/h3,6-10,12-15H,2,4-5,11,16-17H2,1H3,(H,23,25). The van der Waals surface area contributed by atoms with E-state index in [-0.39, 0.29) is 12.5 Å². The predicted molar refractivity (Wildman–Crippen MR) is 113 cm³/mol. The van der Waals surface area contributed by atoms with E-state index < -0.39 is 10.0 Å². The molecule has 0 radical (unpaired) electrons. The molecule has 0 aliphatic heterocycles. The highest BCUT2D eigenvalue weighted by atomic mass is 32.2. The molecule has 0 bridgehead atoms. The molecule has 0 aromatic heterocycles. The van der Waals surface area contributed by atoms with Crippen molar-refractivity contribution >= 4 is 21.6 Å². The normalized spacial score (nSPS) is 14.2. The Balaban J connectivity index is 1.85. The van der Waals surface area contributed by atoms with Crippen LogP contribution in [-0.2, 0) is 16.6 Å². The lowest BCUT2D eigenvalue weighted by Crippen LogP contribution is -2.33. The van der Waals surface area contributed by atoms with Crippen molar-refractivity contribution in [2.75, 3.05) is 17.1 Å². The Morgan fingerprint density at radius 1 is 1.04 bits per heavy atom. The Morgan fingerprint density at radius 3 is 2.43 bits per heavy atom. The number of nitrogens with one attached hydrogen (secondary N) is 1. The molecule has 28 heavy (non-hydrogen) atoms. The van der Waals surface area contributed by atoms with Gasteiger partial charge in [-0.1, -0.05) is 54.1 Å². The van der Waals surface area contributed by atoms with Gasteiger partial charge in [0, 0.05) is 6.54 Å². The van der Waals surface area contributed by atoms with Gasteiger partial charge in [-0.3, -0.25) is 9.10 Å². The number of anilines is 1. The van der Waals surface area contributed by atoms with E-state index in [4.69, 9.17) is 0 Å². The van der Waals surface area contributed by atoms with Gasteiger partial charge in [0.1, 0.15) is 0 Å². The number of nitrogens with zero attached hydrogens (tertiary/aromatic N) is 1. The Morgan fingerprint density at radius 2 is 1.75 bits per heavy atom. The number of carbonyl (C=O) groups excluding carboxylic acids is 1. The minimum absolute atomic E-state index is 0.176. The van der Waals surface area contributed by atoms with Crippen LogP contribution in [-0.4, -0.2) is 27.1 Å². The van der Waals surface area contributed by atoms with Crippen LogP contribution in [0.2, 0.25) is 0 Å². The second kappa shape index (κ2) is 9.06. The van der Waals surface area contributed by atoms with Crippen LogP contribution in [0.15, 0.2) is 66.2 Å². The average Bonchev–Trinajstić information content (AvgIpc) is 2.71. The van der Waals surface area contributed by atoms with Crippen molar-refractivity contribution in [3.8, 4) is 0 Å². The highest BCUT2D eigenvalue weighted by Crippen LogP contribution is 2.25. The molecule has 2 aromatic rings. The molecule has 1 N–H and O–H groups in total. The Kier molecular flexibility index (Phi) is 6.52. The first-order valence-corrected chi connectivity index (χ1v) is 11.4. The first kappa shape index (κ1) is 20.1. The molecule has 5 nitrogen and oxygen atoms in total. The minimum atomic E-state index is -3.57. The summed E-state index contributed by atoms with van der Waals surface area (Å²) in [5.41, 5.74) is 2.85. The van der Waals surface area contributed by atoms with Crippen LogP contribution in [0, 0.1) is 0 Å². The minimum Gasteiger partial charge on any atom is -0.348 e. The topological polar surface area (TPSA) is 66.5 Å². The van der Waals surface area contributed by atoms with Gasteiger partial charge in [0.05, 0.1) is 24.1 Å². The van der Waals surface area contributed by atoms with E-state index in [2.05, 4.69) is 11.4 Å². The summed E-state index contributed by atoms with van der Waals surface area (Å²) < 4.78 is 26.3. The number of amides is 1. The molecule has 0 spiro atoms. The third-order valence-electron chi connectivity index (χ3n) is 4.85. The fraction of sp³-hybridized carbons (Fsp3) is 0.318. The zero-order valence-corrected chi connectivity index (χ0v) is 16.9. The van der Waals surface area contributed by atoms with E-state index in [0.717, 1.165) is 31.1 Å². The molecular formula is C22H26N2O3S. The van der Waals surface area contributed by atoms with Crippen molar-refractivity contribution in [2.24, 2.45) is 0 Å². The van der Waals surface area contributed by atoms with Crippen LogP contribution in [0.3, 0.4) is 0 Å². The first-order valence-electron chi connectivity index (χ1n) is 9.52. The summed E-state index contributed by atoms with van der Waals surface area (Å²) in [6.45, 7) is 0.680. The smallest absolute Gasteiger partial charge is 0.253 e. The number of hydrogen-bond acceptors (Lipinski definition) is 3. The maximum atomic E-state index is 12.8. The third kappa shape index (κ3) is 5.23. The second-order valence-electron chi connectivity index (χ2n) is 7.06. The largest absolute Gasteiger partial charge is 0.348 e. The lowest BCUT2D eigenvalue weighted by atomic mass is 9.99. The monoisotopic (exact) mass is 398 g/mol. The summed E-state index contributed by atoms with van der Waals surface area (Å²) in [6, 6.07) is 16.2. The summed E-state index contributed by atoms with van der Waals surface area (Å²) in [5, 5.41) is 2.95. The number of sulfonamides is 1. The van der Waals surface area contributed by atoms with Gasteiger partial charge in [-0.25, -0.2) is 8.42 Å². The molecule has 3 rings (SSSR count). The first-order chi connectivity index (χ1) is 13.4. The molecule has 0 atom stereocenters. The van der Waals surface area contributed by atoms with Crippen molar-refractivity contribution in [2.45, 2.75) is 32.2 Å². The molecule has 1 amide bonds. The highest BCUT2D eigenvalue weighted by Gasteiger charge is 2.23. The van der Waals surface area contributed by atoms with Crippen molar-refractivity contribution in [3.05, 3.63) is 77.4 Å². The van der Waals surface area contributed by atoms with E-state index in [1.807, 2.05) is 30.3 Å². The van der Waals surface area contributed by atoms with Gasteiger partial charge in [-0.2, -0.15) is 0 Å². The molecule has 0 heterocycles. The number of rotatable bonds is 7. The predicted octanol–water partition coefficient (Wildman–Crippen LogP) is 3.88. The van der Waals surface area contributed by atoms with Gasteiger partial charge in [0.25, 0.3) is 5.91 Å². The number of carbonyl (C=O) groups is 1. The van der Waals surface area contributed by atoms with Crippen LogP contribution in [0.4, 0.5) is 5.69 Å². The highest BCUT2D eigenvalue weighted by molar-refractivity contribution is 7.92. The van der Waals surface area contributed by atoms with Crippen molar-refractivity contribution in [1.82, 2.24) is 5.32 Å². The summed E-state index contributed by atoms with van der Waals surface area (Å²) in [6.07, 6.45) is 7.76.